The Labute approximate surface area is 131 Å². The van der Waals surface area contributed by atoms with Gasteiger partial charge in [0.05, 0.1) is 6.85 Å². The molecule has 21 heavy (non-hydrogen) atoms. The molecule has 0 spiro atoms. The maximum absolute atomic E-state index is 8.15. The maximum atomic E-state index is 8.15. The molecule has 0 amide bonds. The van der Waals surface area contributed by atoms with Gasteiger partial charge in [-0.3, -0.25) is 0 Å². The highest BCUT2D eigenvalue weighted by molar-refractivity contribution is 5.60. The Morgan fingerprint density at radius 2 is 1.43 bits per heavy atom. The van der Waals surface area contributed by atoms with Crippen molar-refractivity contribution in [3.8, 4) is 22.8 Å². The minimum Gasteiger partial charge on any atom is -0.213 e. The number of nitrogens with zero attached hydrogens (tertiary/aromatic N) is 3. The highest BCUT2D eigenvalue weighted by Gasteiger charge is 2.12. The lowest BCUT2D eigenvalue weighted by atomic mass is 10.1. The van der Waals surface area contributed by atoms with Gasteiger partial charge in [-0.25, -0.2) is 15.0 Å². The van der Waals surface area contributed by atoms with Crippen molar-refractivity contribution in [2.45, 2.75) is 19.8 Å². The number of benzene rings is 2. The van der Waals surface area contributed by atoms with Crippen LogP contribution in [-0.2, 0) is 0 Å². The predicted molar refractivity (Wildman–Crippen MR) is 84.8 cm³/mol. The fraction of sp³-hybridized carbons (Fsp3) is 0.167. The summed E-state index contributed by atoms with van der Waals surface area (Å²) in [6.07, 6.45) is 0. The van der Waals surface area contributed by atoms with E-state index in [0.29, 0.717) is 11.6 Å². The van der Waals surface area contributed by atoms with Gasteiger partial charge in [0.2, 0.25) is 0 Å². The van der Waals surface area contributed by atoms with Crippen molar-refractivity contribution in [3.63, 3.8) is 0 Å². The lowest BCUT2D eigenvalue weighted by molar-refractivity contribution is 0.766. The predicted octanol–water partition coefficient (Wildman–Crippen LogP) is 4.33. The van der Waals surface area contributed by atoms with E-state index in [1.54, 1.807) is 0 Å². The lowest BCUT2D eigenvalue weighted by Gasteiger charge is -2.09. The number of hydrogen-bond donors (Lipinski definition) is 0. The zero-order valence-corrected chi connectivity index (χ0v) is 11.8. The van der Waals surface area contributed by atoms with Crippen LogP contribution in [0.4, 0.5) is 0 Å². The van der Waals surface area contributed by atoms with Gasteiger partial charge >= 0.3 is 0 Å². The van der Waals surface area contributed by atoms with Crippen LogP contribution in [-0.4, -0.2) is 15.0 Å². The molecule has 3 heteroatoms. The molecule has 0 saturated carbocycles. The topological polar surface area (TPSA) is 38.7 Å². The molecule has 0 N–H and O–H groups in total. The highest BCUT2D eigenvalue weighted by Crippen LogP contribution is 2.22. The molecule has 1 aromatic heterocycles. The maximum Gasteiger partial charge on any atom is 0.163 e. The summed E-state index contributed by atoms with van der Waals surface area (Å²) in [4.78, 5) is 13.2. The first-order chi connectivity index (χ1) is 12.3. The fourth-order valence-corrected chi connectivity index (χ4v) is 1.84. The molecule has 0 saturated heterocycles. The summed E-state index contributed by atoms with van der Waals surface area (Å²) in [5, 5.41) is 0. The van der Waals surface area contributed by atoms with E-state index in [4.69, 9.17) is 6.85 Å². The Morgan fingerprint density at radius 1 is 0.810 bits per heavy atom. The van der Waals surface area contributed by atoms with Gasteiger partial charge < -0.3 is 0 Å². The van der Waals surface area contributed by atoms with Gasteiger partial charge in [0.15, 0.2) is 11.6 Å². The zero-order valence-electron chi connectivity index (χ0n) is 16.8. The van der Waals surface area contributed by atoms with E-state index in [-0.39, 0.29) is 29.4 Å². The van der Waals surface area contributed by atoms with Gasteiger partial charge in [0.1, 0.15) is 5.82 Å². The van der Waals surface area contributed by atoms with Crippen molar-refractivity contribution < 1.29 is 6.85 Å². The van der Waals surface area contributed by atoms with Crippen LogP contribution >= 0.6 is 0 Å². The van der Waals surface area contributed by atoms with Crippen molar-refractivity contribution >= 4 is 0 Å². The number of hydrogen-bond acceptors (Lipinski definition) is 3. The molecule has 0 aliphatic heterocycles. The summed E-state index contributed by atoms with van der Waals surface area (Å²) in [5.74, 6) is 0.982. The molecular formula is C18H17N3. The van der Waals surface area contributed by atoms with Gasteiger partial charge in [-0.1, -0.05) is 74.4 Å². The summed E-state index contributed by atoms with van der Waals surface area (Å²) in [7, 11) is 0. The third kappa shape index (κ3) is 2.97. The quantitative estimate of drug-likeness (QED) is 0.716. The van der Waals surface area contributed by atoms with E-state index in [1.165, 1.54) is 0 Å². The molecule has 0 fully saturated rings. The monoisotopic (exact) mass is 280 g/mol. The van der Waals surface area contributed by atoms with E-state index in [9.17, 15) is 0 Å². The minimum absolute atomic E-state index is 0.0102. The molecule has 2 aromatic carbocycles. The van der Waals surface area contributed by atoms with Gasteiger partial charge in [-0.15, -0.1) is 0 Å². The van der Waals surface area contributed by atoms with Crippen molar-refractivity contribution in [2.24, 2.45) is 0 Å². The first kappa shape index (κ1) is 8.67. The van der Waals surface area contributed by atoms with Crippen molar-refractivity contribution in [1.82, 2.24) is 15.0 Å². The first-order valence-corrected chi connectivity index (χ1v) is 6.70. The Kier molecular flexibility index (Phi) is 2.41. The Hall–Kier alpha value is -2.55. The van der Waals surface area contributed by atoms with Crippen LogP contribution in [0.15, 0.2) is 60.5 Å². The van der Waals surface area contributed by atoms with Crippen LogP contribution in [0.5, 0.6) is 0 Å². The van der Waals surface area contributed by atoms with Crippen LogP contribution in [0.3, 0.4) is 0 Å². The third-order valence-corrected chi connectivity index (χ3v) is 2.92. The molecule has 3 nitrogen and oxygen atoms in total. The molecule has 3 rings (SSSR count). The summed E-state index contributed by atoms with van der Waals surface area (Å²) in [5.41, 5.74) is 0.753. The Bertz CT molecular complexity index is 945. The largest absolute Gasteiger partial charge is 0.213 e. The second-order valence-corrected chi connectivity index (χ2v) is 4.86. The van der Waals surface area contributed by atoms with Crippen molar-refractivity contribution in [1.29, 1.82) is 0 Å². The number of aromatic nitrogens is 3. The molecule has 0 unspecified atom stereocenters. The standard InChI is InChI=1S/C18H17N3/c1-13(2)16-19-17(14-9-5-3-6-10-14)21-18(20-16)15-11-7-4-8-12-15/h3-13H,1-2H3/i3D,5D,6D,9D,10D. The van der Waals surface area contributed by atoms with Crippen LogP contribution < -0.4 is 0 Å². The second kappa shape index (κ2) is 5.83. The Balaban J connectivity index is 2.32. The molecule has 0 radical (unpaired) electrons. The van der Waals surface area contributed by atoms with E-state index in [1.807, 2.05) is 44.2 Å². The lowest BCUT2D eigenvalue weighted by Crippen LogP contribution is -2.04. The van der Waals surface area contributed by atoms with Gasteiger partial charge in [0, 0.05) is 17.0 Å². The van der Waals surface area contributed by atoms with E-state index < -0.39 is 18.1 Å². The summed E-state index contributed by atoms with van der Waals surface area (Å²) < 4.78 is 39.8. The number of rotatable bonds is 3. The summed E-state index contributed by atoms with van der Waals surface area (Å²) in [6.45, 7) is 3.85. The molecule has 104 valence electrons. The third-order valence-electron chi connectivity index (χ3n) is 2.92. The molecular weight excluding hydrogens is 258 g/mol. The molecule has 0 bridgehead atoms. The van der Waals surface area contributed by atoms with Gasteiger partial charge in [0.25, 0.3) is 0 Å². The summed E-state index contributed by atoms with van der Waals surface area (Å²) in [6, 6.07) is 7.40. The van der Waals surface area contributed by atoms with Crippen LogP contribution in [0.25, 0.3) is 22.8 Å². The molecule has 0 atom stereocenters. The van der Waals surface area contributed by atoms with E-state index >= 15 is 0 Å². The Morgan fingerprint density at radius 3 is 2.05 bits per heavy atom. The average molecular weight is 280 g/mol. The zero-order chi connectivity index (χ0) is 19.0. The van der Waals surface area contributed by atoms with Crippen molar-refractivity contribution in [3.05, 3.63) is 66.4 Å². The van der Waals surface area contributed by atoms with Gasteiger partial charge in [-0.2, -0.15) is 0 Å². The fourth-order valence-electron chi connectivity index (χ4n) is 1.84. The van der Waals surface area contributed by atoms with Crippen LogP contribution in [0.2, 0.25) is 0 Å². The van der Waals surface area contributed by atoms with E-state index in [0.717, 1.165) is 5.56 Å². The molecule has 1 heterocycles. The molecule has 3 aromatic rings. The average Bonchev–Trinajstić information content (AvgIpc) is 2.65. The smallest absolute Gasteiger partial charge is 0.163 e. The van der Waals surface area contributed by atoms with Gasteiger partial charge in [-0.05, 0) is 0 Å². The van der Waals surface area contributed by atoms with Crippen molar-refractivity contribution in [2.75, 3.05) is 0 Å². The summed E-state index contributed by atoms with van der Waals surface area (Å²) >= 11 is 0. The van der Waals surface area contributed by atoms with Crippen LogP contribution in [0, 0.1) is 0 Å². The minimum atomic E-state index is -0.440. The van der Waals surface area contributed by atoms with Crippen LogP contribution in [0.1, 0.15) is 32.4 Å². The second-order valence-electron chi connectivity index (χ2n) is 4.86. The first-order valence-electron chi connectivity index (χ1n) is 9.20. The SMILES string of the molecule is [2H]c1c([2H])c([2H])c(-c2nc(-c3ccccc3)nc(C(C)C)n2)c([2H])c1[2H]. The molecule has 0 aliphatic rings. The van der Waals surface area contributed by atoms with E-state index in [2.05, 4.69) is 15.0 Å². The molecule has 0 aliphatic carbocycles. The highest BCUT2D eigenvalue weighted by atomic mass is 15.0. The normalized spacial score (nSPS) is 14.1.